The quantitative estimate of drug-likeness (QED) is 0.583. The third-order valence-electron chi connectivity index (χ3n) is 2.40. The molecule has 1 rings (SSSR count). The van der Waals surface area contributed by atoms with Gasteiger partial charge in [-0.25, -0.2) is 0 Å². The second-order valence-electron chi connectivity index (χ2n) is 3.52. The van der Waals surface area contributed by atoms with E-state index in [1.54, 1.807) is 13.8 Å². The molecular formula is C7H11NO3. The summed E-state index contributed by atoms with van der Waals surface area (Å²) in [5, 5.41) is 8.60. The van der Waals surface area contributed by atoms with Gasteiger partial charge in [0.1, 0.15) is 0 Å². The van der Waals surface area contributed by atoms with E-state index in [0.717, 1.165) is 0 Å². The lowest BCUT2D eigenvalue weighted by atomic mass is 10.1. The standard InChI is InChI=1S/C7H11NO3/c1-7(2)3(5(8)9)4(7)6(10)11/h3-4H,1-2H3,(H2,8,9)(H,10,11)/t3-,4-/m1/s1. The van der Waals surface area contributed by atoms with Crippen molar-refractivity contribution < 1.29 is 14.7 Å². The van der Waals surface area contributed by atoms with Crippen LogP contribution in [0, 0.1) is 17.3 Å². The highest BCUT2D eigenvalue weighted by Crippen LogP contribution is 2.57. The van der Waals surface area contributed by atoms with Crippen molar-refractivity contribution in [1.29, 1.82) is 0 Å². The maximum atomic E-state index is 10.7. The second kappa shape index (κ2) is 1.96. The lowest BCUT2D eigenvalue weighted by molar-refractivity contribution is -0.140. The summed E-state index contributed by atoms with van der Waals surface area (Å²) in [6.07, 6.45) is 0. The molecule has 3 N–H and O–H groups in total. The molecule has 1 aliphatic carbocycles. The molecule has 2 atom stereocenters. The molecule has 0 aromatic carbocycles. The van der Waals surface area contributed by atoms with Crippen LogP contribution in [0.3, 0.4) is 0 Å². The van der Waals surface area contributed by atoms with Crippen LogP contribution in [0.4, 0.5) is 0 Å². The second-order valence-corrected chi connectivity index (χ2v) is 3.52. The average molecular weight is 157 g/mol. The van der Waals surface area contributed by atoms with Gasteiger partial charge in [-0.1, -0.05) is 13.8 Å². The highest BCUT2D eigenvalue weighted by Gasteiger charge is 2.65. The minimum Gasteiger partial charge on any atom is -0.481 e. The van der Waals surface area contributed by atoms with Crippen molar-refractivity contribution >= 4 is 11.9 Å². The van der Waals surface area contributed by atoms with Gasteiger partial charge in [0.05, 0.1) is 11.8 Å². The minimum atomic E-state index is -0.932. The number of rotatable bonds is 2. The normalized spacial score (nSPS) is 32.9. The number of carbonyl (C=O) groups excluding carboxylic acids is 1. The van der Waals surface area contributed by atoms with Crippen LogP contribution in [0.25, 0.3) is 0 Å². The van der Waals surface area contributed by atoms with Gasteiger partial charge < -0.3 is 10.8 Å². The fourth-order valence-corrected chi connectivity index (χ4v) is 1.63. The molecule has 0 spiro atoms. The van der Waals surface area contributed by atoms with Gasteiger partial charge in [-0.15, -0.1) is 0 Å². The fourth-order valence-electron chi connectivity index (χ4n) is 1.63. The summed E-state index contributed by atoms with van der Waals surface area (Å²) < 4.78 is 0. The molecule has 1 saturated carbocycles. The van der Waals surface area contributed by atoms with Gasteiger partial charge in [0.15, 0.2) is 0 Å². The summed E-state index contributed by atoms with van der Waals surface area (Å²) in [6, 6.07) is 0. The first kappa shape index (κ1) is 8.04. The average Bonchev–Trinajstić information content (AvgIpc) is 2.33. The molecule has 0 heterocycles. The predicted molar refractivity (Wildman–Crippen MR) is 37.6 cm³/mol. The molecule has 1 fully saturated rings. The Morgan fingerprint density at radius 1 is 1.36 bits per heavy atom. The van der Waals surface area contributed by atoms with Crippen LogP contribution in [-0.2, 0) is 9.59 Å². The number of carboxylic acids is 1. The largest absolute Gasteiger partial charge is 0.481 e. The van der Waals surface area contributed by atoms with Crippen LogP contribution in [0.15, 0.2) is 0 Å². The van der Waals surface area contributed by atoms with E-state index in [1.807, 2.05) is 0 Å². The third-order valence-corrected chi connectivity index (χ3v) is 2.40. The molecule has 0 aromatic heterocycles. The zero-order valence-electron chi connectivity index (χ0n) is 6.50. The maximum absolute atomic E-state index is 10.7. The molecule has 1 aliphatic rings. The van der Waals surface area contributed by atoms with Crippen molar-refractivity contribution in [2.45, 2.75) is 13.8 Å². The fraction of sp³-hybridized carbons (Fsp3) is 0.714. The van der Waals surface area contributed by atoms with E-state index >= 15 is 0 Å². The number of primary amides is 1. The lowest BCUT2D eigenvalue weighted by Crippen LogP contribution is -2.17. The number of hydrogen-bond donors (Lipinski definition) is 2. The molecule has 0 bridgehead atoms. The number of carbonyl (C=O) groups is 2. The zero-order valence-corrected chi connectivity index (χ0v) is 6.50. The number of carboxylic acid groups (broad SMARTS) is 1. The van der Waals surface area contributed by atoms with Crippen LogP contribution < -0.4 is 5.73 Å². The van der Waals surface area contributed by atoms with Gasteiger partial charge in [0.25, 0.3) is 0 Å². The highest BCUT2D eigenvalue weighted by molar-refractivity contribution is 5.90. The number of hydrogen-bond acceptors (Lipinski definition) is 2. The molecule has 62 valence electrons. The summed E-state index contributed by atoms with van der Waals surface area (Å²) in [7, 11) is 0. The molecule has 0 saturated heterocycles. The van der Waals surface area contributed by atoms with E-state index in [9.17, 15) is 9.59 Å². The van der Waals surface area contributed by atoms with E-state index < -0.39 is 29.1 Å². The predicted octanol–water partition coefficient (Wildman–Crippen LogP) is -0.172. The van der Waals surface area contributed by atoms with Crippen LogP contribution in [-0.4, -0.2) is 17.0 Å². The van der Waals surface area contributed by atoms with Gasteiger partial charge in [0.2, 0.25) is 5.91 Å². The Bertz CT molecular complexity index is 200. The van der Waals surface area contributed by atoms with Crippen molar-refractivity contribution in [3.8, 4) is 0 Å². The number of aliphatic carboxylic acids is 1. The van der Waals surface area contributed by atoms with Gasteiger partial charge in [0, 0.05) is 0 Å². The Balaban J connectivity index is 2.76. The van der Waals surface area contributed by atoms with Gasteiger partial charge in [-0.05, 0) is 5.41 Å². The third kappa shape index (κ3) is 0.982. The summed E-state index contributed by atoms with van der Waals surface area (Å²) in [5.74, 6) is -2.51. The number of amides is 1. The van der Waals surface area contributed by atoms with Crippen LogP contribution in [0.2, 0.25) is 0 Å². The molecule has 0 radical (unpaired) electrons. The van der Waals surface area contributed by atoms with Crippen molar-refractivity contribution in [2.24, 2.45) is 23.0 Å². The summed E-state index contributed by atoms with van der Waals surface area (Å²) in [5.41, 5.74) is 4.55. The minimum absolute atomic E-state index is 0.447. The molecule has 4 heteroatoms. The van der Waals surface area contributed by atoms with Gasteiger partial charge >= 0.3 is 5.97 Å². The van der Waals surface area contributed by atoms with Crippen molar-refractivity contribution in [3.63, 3.8) is 0 Å². The van der Waals surface area contributed by atoms with E-state index in [0.29, 0.717) is 0 Å². The maximum Gasteiger partial charge on any atom is 0.307 e. The van der Waals surface area contributed by atoms with Crippen molar-refractivity contribution in [3.05, 3.63) is 0 Å². The molecule has 0 unspecified atom stereocenters. The first-order valence-electron chi connectivity index (χ1n) is 3.41. The van der Waals surface area contributed by atoms with Crippen LogP contribution in [0.5, 0.6) is 0 Å². The van der Waals surface area contributed by atoms with E-state index in [1.165, 1.54) is 0 Å². The Morgan fingerprint density at radius 2 is 1.82 bits per heavy atom. The zero-order chi connectivity index (χ0) is 8.81. The Labute approximate surface area is 64.4 Å². The molecule has 4 nitrogen and oxygen atoms in total. The van der Waals surface area contributed by atoms with Crippen LogP contribution in [0.1, 0.15) is 13.8 Å². The summed E-state index contributed by atoms with van der Waals surface area (Å²) in [6.45, 7) is 3.47. The molecule has 0 aromatic rings. The van der Waals surface area contributed by atoms with Crippen molar-refractivity contribution in [2.75, 3.05) is 0 Å². The smallest absolute Gasteiger partial charge is 0.307 e. The first-order chi connectivity index (χ1) is 4.89. The van der Waals surface area contributed by atoms with Gasteiger partial charge in [-0.3, -0.25) is 9.59 Å². The van der Waals surface area contributed by atoms with Crippen molar-refractivity contribution in [1.82, 2.24) is 0 Å². The van der Waals surface area contributed by atoms with E-state index in [2.05, 4.69) is 0 Å². The lowest BCUT2D eigenvalue weighted by Gasteiger charge is -1.96. The van der Waals surface area contributed by atoms with Crippen LogP contribution >= 0.6 is 0 Å². The monoisotopic (exact) mass is 157 g/mol. The summed E-state index contributed by atoms with van der Waals surface area (Å²) >= 11 is 0. The molecule has 11 heavy (non-hydrogen) atoms. The van der Waals surface area contributed by atoms with E-state index in [4.69, 9.17) is 10.8 Å². The summed E-state index contributed by atoms with van der Waals surface area (Å²) in [4.78, 5) is 21.1. The molecule has 0 aliphatic heterocycles. The molecular weight excluding hydrogens is 146 g/mol. The van der Waals surface area contributed by atoms with Gasteiger partial charge in [-0.2, -0.15) is 0 Å². The Morgan fingerprint density at radius 3 is 1.91 bits per heavy atom. The Kier molecular flexibility index (Phi) is 1.44. The van der Waals surface area contributed by atoms with E-state index in [-0.39, 0.29) is 0 Å². The highest BCUT2D eigenvalue weighted by atomic mass is 16.4. The topological polar surface area (TPSA) is 80.4 Å². The SMILES string of the molecule is CC1(C)[C@@H](C(N)=O)[C@@H]1C(=O)O. The number of nitrogens with two attached hydrogens (primary N) is 1. The Hall–Kier alpha value is -1.06. The molecule has 1 amide bonds. The first-order valence-corrected chi connectivity index (χ1v) is 3.41.